The molecule has 1 saturated heterocycles. The first-order valence-electron chi connectivity index (χ1n) is 12.5. The van der Waals surface area contributed by atoms with Gasteiger partial charge < -0.3 is 29.7 Å². The zero-order chi connectivity index (χ0) is 26.2. The van der Waals surface area contributed by atoms with Gasteiger partial charge in [-0.1, -0.05) is 0 Å². The third kappa shape index (κ3) is 7.19. The van der Waals surface area contributed by atoms with Gasteiger partial charge in [-0.3, -0.25) is 14.4 Å². The number of nitrogens with one attached hydrogen (secondary N) is 2. The molecular formula is C27H32FN3O6. The maximum atomic E-state index is 14.3. The summed E-state index contributed by atoms with van der Waals surface area (Å²) in [6.45, 7) is 2.36. The highest BCUT2D eigenvalue weighted by Gasteiger charge is 2.27. The normalized spacial score (nSPS) is 19.5. The summed E-state index contributed by atoms with van der Waals surface area (Å²) in [7, 11) is 1.45. The SMILES string of the molecule is COc1cc2ccc1Oc1cc(F)cc(c1)CNC(=O)CCCN(C(=O)C1CCOC1)CCCNC2=O. The van der Waals surface area contributed by atoms with Crippen LogP contribution in [0.15, 0.2) is 36.4 Å². The molecule has 198 valence electrons. The molecule has 0 radical (unpaired) electrons. The zero-order valence-corrected chi connectivity index (χ0v) is 20.9. The Morgan fingerprint density at radius 2 is 1.95 bits per heavy atom. The standard InChI is InChI=1S/C27H32FN3O6/c1-35-24-14-19-5-6-23(24)37-22-13-18(12-21(28)15-22)16-30-25(32)4-2-9-31(10-3-8-29-26(19)33)27(34)20-7-11-36-17-20/h5-6,12-15,20H,2-4,7-11,16-17H2,1H3,(H,29,33)(H,30,32). The first-order chi connectivity index (χ1) is 17.9. The van der Waals surface area contributed by atoms with Gasteiger partial charge in [-0.2, -0.15) is 0 Å². The van der Waals surface area contributed by atoms with Crippen LogP contribution in [0.2, 0.25) is 0 Å². The number of carbonyl (C=O) groups is 3. The van der Waals surface area contributed by atoms with Crippen LogP contribution in [0.25, 0.3) is 0 Å². The number of carbonyl (C=O) groups excluding carboxylic acids is 3. The van der Waals surface area contributed by atoms with Crippen LogP contribution in [0.5, 0.6) is 17.2 Å². The van der Waals surface area contributed by atoms with E-state index in [1.54, 1.807) is 29.2 Å². The van der Waals surface area contributed by atoms with Gasteiger partial charge >= 0.3 is 0 Å². The van der Waals surface area contributed by atoms with Crippen molar-refractivity contribution in [1.29, 1.82) is 0 Å². The lowest BCUT2D eigenvalue weighted by Crippen LogP contribution is -2.39. The van der Waals surface area contributed by atoms with Crippen LogP contribution in [0, 0.1) is 11.7 Å². The molecule has 2 aromatic carbocycles. The number of rotatable bonds is 2. The number of hydrogen-bond donors (Lipinski definition) is 2. The predicted octanol–water partition coefficient (Wildman–Crippen LogP) is 3.02. The van der Waals surface area contributed by atoms with Crippen LogP contribution in [-0.4, -0.2) is 62.6 Å². The molecule has 4 bridgehead atoms. The van der Waals surface area contributed by atoms with Gasteiger partial charge in [-0.15, -0.1) is 0 Å². The Morgan fingerprint density at radius 3 is 2.73 bits per heavy atom. The molecule has 0 aliphatic carbocycles. The van der Waals surface area contributed by atoms with Crippen LogP contribution in [0.1, 0.15) is 41.6 Å². The molecule has 3 heterocycles. The number of halogens is 1. The van der Waals surface area contributed by atoms with Crippen LogP contribution >= 0.6 is 0 Å². The highest BCUT2D eigenvalue weighted by Crippen LogP contribution is 2.33. The second-order valence-corrected chi connectivity index (χ2v) is 9.14. The van der Waals surface area contributed by atoms with Gasteiger partial charge in [0.2, 0.25) is 11.8 Å². The second kappa shape index (κ2) is 12.5. The van der Waals surface area contributed by atoms with E-state index in [2.05, 4.69) is 10.6 Å². The minimum atomic E-state index is -0.510. The van der Waals surface area contributed by atoms with E-state index in [-0.39, 0.29) is 42.4 Å². The molecule has 0 saturated carbocycles. The van der Waals surface area contributed by atoms with Gasteiger partial charge in [0.1, 0.15) is 11.6 Å². The van der Waals surface area contributed by atoms with E-state index in [9.17, 15) is 18.8 Å². The molecule has 9 nitrogen and oxygen atoms in total. The maximum Gasteiger partial charge on any atom is 0.251 e. The highest BCUT2D eigenvalue weighted by molar-refractivity contribution is 5.94. The molecule has 37 heavy (non-hydrogen) atoms. The van der Waals surface area contributed by atoms with E-state index in [1.165, 1.54) is 19.2 Å². The summed E-state index contributed by atoms with van der Waals surface area (Å²) in [5, 5.41) is 5.68. The lowest BCUT2D eigenvalue weighted by Gasteiger charge is -2.25. The number of amides is 3. The molecule has 1 fully saturated rings. The monoisotopic (exact) mass is 513 g/mol. The predicted molar refractivity (Wildman–Crippen MR) is 133 cm³/mol. The Labute approximate surface area is 215 Å². The molecule has 0 aromatic heterocycles. The average molecular weight is 514 g/mol. The van der Waals surface area contributed by atoms with Crippen molar-refractivity contribution in [3.63, 3.8) is 0 Å². The average Bonchev–Trinajstić information content (AvgIpc) is 3.43. The van der Waals surface area contributed by atoms with E-state index in [0.29, 0.717) is 74.7 Å². The Hall–Kier alpha value is -3.66. The van der Waals surface area contributed by atoms with Crippen molar-refractivity contribution in [3.8, 4) is 17.2 Å². The summed E-state index contributed by atoms with van der Waals surface area (Å²) in [5.74, 6) is -0.282. The Balaban J connectivity index is 1.54. The number of benzene rings is 2. The van der Waals surface area contributed by atoms with Crippen molar-refractivity contribution in [2.75, 3.05) is 40.0 Å². The fourth-order valence-electron chi connectivity index (χ4n) is 4.41. The van der Waals surface area contributed by atoms with E-state index in [0.717, 1.165) is 0 Å². The van der Waals surface area contributed by atoms with E-state index in [1.807, 2.05) is 0 Å². The molecule has 3 amide bonds. The third-order valence-corrected chi connectivity index (χ3v) is 6.39. The molecule has 2 N–H and O–H groups in total. The molecule has 5 rings (SSSR count). The van der Waals surface area contributed by atoms with Gasteiger partial charge in [0.15, 0.2) is 11.5 Å². The molecule has 2 aromatic rings. The Bertz CT molecular complexity index is 1140. The smallest absolute Gasteiger partial charge is 0.251 e. The van der Waals surface area contributed by atoms with Gasteiger partial charge in [0, 0.05) is 50.8 Å². The van der Waals surface area contributed by atoms with Gasteiger partial charge in [0.05, 0.1) is 19.6 Å². The number of ether oxygens (including phenoxy) is 3. The molecule has 10 heteroatoms. The largest absolute Gasteiger partial charge is 0.493 e. The maximum absolute atomic E-state index is 14.3. The Kier molecular flexibility index (Phi) is 8.95. The van der Waals surface area contributed by atoms with Crippen LogP contribution < -0.4 is 20.1 Å². The number of fused-ring (bicyclic) bond motifs is 13. The molecule has 0 spiro atoms. The molecule has 3 aliphatic rings. The molecule has 1 unspecified atom stereocenters. The van der Waals surface area contributed by atoms with Crippen LogP contribution in [0.4, 0.5) is 4.39 Å². The first-order valence-corrected chi connectivity index (χ1v) is 12.5. The highest BCUT2D eigenvalue weighted by atomic mass is 19.1. The van der Waals surface area contributed by atoms with Crippen molar-refractivity contribution in [2.24, 2.45) is 5.92 Å². The fraction of sp³-hybridized carbons (Fsp3) is 0.444. The van der Waals surface area contributed by atoms with E-state index >= 15 is 0 Å². The summed E-state index contributed by atoms with van der Waals surface area (Å²) in [6, 6.07) is 8.93. The molecular weight excluding hydrogens is 481 g/mol. The number of nitrogens with zero attached hydrogens (tertiary/aromatic N) is 1. The fourth-order valence-corrected chi connectivity index (χ4v) is 4.41. The lowest BCUT2D eigenvalue weighted by atomic mass is 10.1. The van der Waals surface area contributed by atoms with Crippen LogP contribution in [0.3, 0.4) is 0 Å². The van der Waals surface area contributed by atoms with Crippen molar-refractivity contribution >= 4 is 17.7 Å². The lowest BCUT2D eigenvalue weighted by molar-refractivity contribution is -0.136. The van der Waals surface area contributed by atoms with Crippen LogP contribution in [-0.2, 0) is 20.9 Å². The molecule has 3 aliphatic heterocycles. The second-order valence-electron chi connectivity index (χ2n) is 9.14. The van der Waals surface area contributed by atoms with E-state index < -0.39 is 5.82 Å². The first kappa shape index (κ1) is 26.4. The van der Waals surface area contributed by atoms with Crippen molar-refractivity contribution in [2.45, 2.75) is 32.2 Å². The van der Waals surface area contributed by atoms with E-state index in [4.69, 9.17) is 14.2 Å². The zero-order valence-electron chi connectivity index (χ0n) is 20.9. The topological polar surface area (TPSA) is 106 Å². The molecule has 1 atom stereocenters. The van der Waals surface area contributed by atoms with Gasteiger partial charge in [0.25, 0.3) is 5.91 Å². The number of hydrogen-bond acceptors (Lipinski definition) is 6. The number of methoxy groups -OCH3 is 1. The summed E-state index contributed by atoms with van der Waals surface area (Å²) < 4.78 is 30.9. The van der Waals surface area contributed by atoms with Gasteiger partial charge in [-0.25, -0.2) is 4.39 Å². The summed E-state index contributed by atoms with van der Waals surface area (Å²) in [4.78, 5) is 39.9. The third-order valence-electron chi connectivity index (χ3n) is 6.39. The van der Waals surface area contributed by atoms with Gasteiger partial charge in [-0.05, 0) is 55.2 Å². The summed E-state index contributed by atoms with van der Waals surface area (Å²) in [6.07, 6.45) is 1.96. The quantitative estimate of drug-likeness (QED) is 0.640. The van der Waals surface area contributed by atoms with Crippen molar-refractivity contribution in [1.82, 2.24) is 15.5 Å². The Morgan fingerprint density at radius 1 is 1.11 bits per heavy atom. The van der Waals surface area contributed by atoms with Crippen molar-refractivity contribution in [3.05, 3.63) is 53.3 Å². The summed E-state index contributed by atoms with van der Waals surface area (Å²) >= 11 is 0. The minimum absolute atomic E-state index is 0.0130. The summed E-state index contributed by atoms with van der Waals surface area (Å²) in [5.41, 5.74) is 0.919. The van der Waals surface area contributed by atoms with Crippen molar-refractivity contribution < 1.29 is 33.0 Å². The minimum Gasteiger partial charge on any atom is -0.493 e.